The molecule has 0 atom stereocenters. The number of hydrogen-bond acceptors (Lipinski definition) is 3. The van der Waals surface area contributed by atoms with E-state index in [2.05, 4.69) is 6.92 Å². The summed E-state index contributed by atoms with van der Waals surface area (Å²) in [4.78, 5) is 0. The van der Waals surface area contributed by atoms with Crippen molar-refractivity contribution in [3.63, 3.8) is 0 Å². The molecule has 0 aromatic carbocycles. The molecule has 0 aromatic rings. The standard InChI is InChI=1S/C4H9O.Li.H2O4S/c1-3-5-4-2;;1-5(2,3)4/h1,3-4H2,2H3;;(H2,1,2,3,4)/q-1;+1;. The van der Waals surface area contributed by atoms with Crippen LogP contribution in [0, 0.1) is 6.92 Å². The predicted molar refractivity (Wildman–Crippen MR) is 36.0 cm³/mol. The van der Waals surface area contributed by atoms with E-state index in [1.54, 1.807) is 0 Å². The minimum atomic E-state index is -4.67. The van der Waals surface area contributed by atoms with E-state index in [-0.39, 0.29) is 18.9 Å². The van der Waals surface area contributed by atoms with Gasteiger partial charge in [0.1, 0.15) is 0 Å². The quantitative estimate of drug-likeness (QED) is 0.271. The number of hydrogen-bond donors (Lipinski definition) is 2. The second kappa shape index (κ2) is 10.4. The Morgan fingerprint density at radius 3 is 1.73 bits per heavy atom. The van der Waals surface area contributed by atoms with Gasteiger partial charge < -0.3 is 11.7 Å². The Morgan fingerprint density at radius 2 is 1.73 bits per heavy atom. The first-order chi connectivity index (χ1) is 4.41. The molecule has 0 rings (SSSR count). The Balaban J connectivity index is -0.000000107. The van der Waals surface area contributed by atoms with Gasteiger partial charge in [0.2, 0.25) is 0 Å². The van der Waals surface area contributed by atoms with Gasteiger partial charge in [-0.05, 0) is 6.92 Å². The van der Waals surface area contributed by atoms with Gasteiger partial charge in [0.25, 0.3) is 0 Å². The average Bonchev–Trinajstić information content (AvgIpc) is 1.63. The SMILES string of the molecule is O=S(=O)(O)O.[CH2-]COCC.[Li+]. The molecule has 0 unspecified atom stereocenters. The van der Waals surface area contributed by atoms with Gasteiger partial charge in [-0.15, -0.1) is 0 Å². The van der Waals surface area contributed by atoms with Gasteiger partial charge in [0.15, 0.2) is 0 Å². The molecule has 0 fully saturated rings. The minimum Gasteiger partial charge on any atom is -0.414 e. The number of rotatable bonds is 2. The smallest absolute Gasteiger partial charge is 0.414 e. The van der Waals surface area contributed by atoms with Crippen molar-refractivity contribution in [3.8, 4) is 0 Å². The van der Waals surface area contributed by atoms with Gasteiger partial charge in [0.05, 0.1) is 0 Å². The Kier molecular flexibility index (Phi) is 16.6. The van der Waals surface area contributed by atoms with Crippen LogP contribution in [0.5, 0.6) is 0 Å². The van der Waals surface area contributed by atoms with Crippen LogP contribution in [-0.2, 0) is 15.1 Å². The number of ether oxygens (including phenoxy) is 1. The van der Waals surface area contributed by atoms with E-state index in [9.17, 15) is 0 Å². The molecule has 0 saturated carbocycles. The maximum absolute atomic E-state index is 8.74. The van der Waals surface area contributed by atoms with Crippen LogP contribution in [0.2, 0.25) is 0 Å². The van der Waals surface area contributed by atoms with E-state index < -0.39 is 10.4 Å². The second-order valence-electron chi connectivity index (χ2n) is 1.14. The third-order valence-electron chi connectivity index (χ3n) is 0.348. The normalized spacial score (nSPS) is 9.09. The molecule has 0 radical (unpaired) electrons. The first-order valence-corrected chi connectivity index (χ1v) is 3.88. The van der Waals surface area contributed by atoms with Gasteiger partial charge >= 0.3 is 29.3 Å². The fourth-order valence-corrected chi connectivity index (χ4v) is 0.144. The van der Waals surface area contributed by atoms with Crippen LogP contribution in [-0.4, -0.2) is 30.7 Å². The topological polar surface area (TPSA) is 83.8 Å². The van der Waals surface area contributed by atoms with E-state index in [1.807, 2.05) is 6.92 Å². The Bertz CT molecular complexity index is 133. The molecule has 0 saturated heterocycles. The molecule has 0 aromatic heterocycles. The molecule has 11 heavy (non-hydrogen) atoms. The predicted octanol–water partition coefficient (Wildman–Crippen LogP) is -2.79. The van der Waals surface area contributed by atoms with E-state index in [1.165, 1.54) is 0 Å². The summed E-state index contributed by atoms with van der Waals surface area (Å²) >= 11 is 0. The van der Waals surface area contributed by atoms with Crippen molar-refractivity contribution in [1.82, 2.24) is 0 Å². The van der Waals surface area contributed by atoms with Gasteiger partial charge in [0, 0.05) is 6.61 Å². The molecule has 0 amide bonds. The van der Waals surface area contributed by atoms with E-state index in [0.29, 0.717) is 6.61 Å². The molecule has 0 heterocycles. The van der Waals surface area contributed by atoms with Crippen molar-refractivity contribution >= 4 is 10.4 Å². The van der Waals surface area contributed by atoms with Crippen molar-refractivity contribution in [2.24, 2.45) is 0 Å². The summed E-state index contributed by atoms with van der Waals surface area (Å²) in [5, 5.41) is 0. The summed E-state index contributed by atoms with van der Waals surface area (Å²) in [7, 11) is -4.67. The fraction of sp³-hybridized carbons (Fsp3) is 0.750. The second-order valence-corrected chi connectivity index (χ2v) is 2.04. The first kappa shape index (κ1) is 17.5. The van der Waals surface area contributed by atoms with Crippen molar-refractivity contribution < 1.29 is 41.1 Å². The van der Waals surface area contributed by atoms with Gasteiger partial charge in [-0.3, -0.25) is 9.11 Å². The molecule has 64 valence electrons. The molecule has 0 bridgehead atoms. The van der Waals surface area contributed by atoms with E-state index in [4.69, 9.17) is 22.3 Å². The van der Waals surface area contributed by atoms with Crippen molar-refractivity contribution in [2.45, 2.75) is 6.92 Å². The van der Waals surface area contributed by atoms with Crippen LogP contribution < -0.4 is 18.9 Å². The summed E-state index contributed by atoms with van der Waals surface area (Å²) < 4.78 is 36.3. The average molecular weight is 178 g/mol. The molecule has 0 aliphatic rings. The maximum atomic E-state index is 8.74. The third-order valence-corrected chi connectivity index (χ3v) is 0.348. The summed E-state index contributed by atoms with van der Waals surface area (Å²) in [5.41, 5.74) is 0. The maximum Gasteiger partial charge on any atom is 1.00 e. The summed E-state index contributed by atoms with van der Waals surface area (Å²) in [6, 6.07) is 0. The summed E-state index contributed by atoms with van der Waals surface area (Å²) in [6.45, 7) is 6.78. The van der Waals surface area contributed by atoms with Gasteiger partial charge in [-0.25, -0.2) is 0 Å². The monoisotopic (exact) mass is 178 g/mol. The van der Waals surface area contributed by atoms with Gasteiger partial charge in [-0.1, -0.05) is 6.61 Å². The fourth-order valence-electron chi connectivity index (χ4n) is 0.144. The summed E-state index contributed by atoms with van der Waals surface area (Å²) in [6.07, 6.45) is 0. The van der Waals surface area contributed by atoms with Crippen molar-refractivity contribution in [3.05, 3.63) is 6.92 Å². The molecule has 0 aliphatic carbocycles. The largest absolute Gasteiger partial charge is 1.00 e. The van der Waals surface area contributed by atoms with Crippen LogP contribution in [0.1, 0.15) is 6.92 Å². The van der Waals surface area contributed by atoms with Crippen LogP contribution in [0.4, 0.5) is 0 Å². The molecular formula is C4H11LiO5S. The molecule has 0 aliphatic heterocycles. The van der Waals surface area contributed by atoms with E-state index >= 15 is 0 Å². The molecular weight excluding hydrogens is 167 g/mol. The van der Waals surface area contributed by atoms with Crippen molar-refractivity contribution in [2.75, 3.05) is 13.2 Å². The van der Waals surface area contributed by atoms with Gasteiger partial charge in [-0.2, -0.15) is 8.42 Å². The molecule has 0 spiro atoms. The Morgan fingerprint density at radius 1 is 1.45 bits per heavy atom. The zero-order chi connectivity index (χ0) is 8.62. The van der Waals surface area contributed by atoms with Crippen molar-refractivity contribution in [1.29, 1.82) is 0 Å². The Hall–Kier alpha value is 0.427. The summed E-state index contributed by atoms with van der Waals surface area (Å²) in [5.74, 6) is 0. The molecule has 2 N–H and O–H groups in total. The zero-order valence-corrected chi connectivity index (χ0v) is 7.47. The Labute approximate surface area is 78.9 Å². The third kappa shape index (κ3) is 126. The zero-order valence-electron chi connectivity index (χ0n) is 6.65. The minimum absolute atomic E-state index is 0. The molecule has 7 heteroatoms. The van der Waals surface area contributed by atoms with E-state index in [0.717, 1.165) is 6.61 Å². The molecule has 5 nitrogen and oxygen atoms in total. The van der Waals surface area contributed by atoms with Crippen LogP contribution in [0.25, 0.3) is 0 Å². The van der Waals surface area contributed by atoms with Crippen LogP contribution >= 0.6 is 0 Å². The first-order valence-electron chi connectivity index (χ1n) is 2.48. The van der Waals surface area contributed by atoms with Crippen LogP contribution in [0.15, 0.2) is 0 Å². The van der Waals surface area contributed by atoms with Crippen LogP contribution in [0.3, 0.4) is 0 Å².